The maximum absolute atomic E-state index is 11.6. The van der Waals surface area contributed by atoms with Crippen molar-refractivity contribution in [1.29, 1.82) is 0 Å². The minimum absolute atomic E-state index is 0.0749. The number of hydrogen-bond acceptors (Lipinski definition) is 4. The molecule has 5 heteroatoms. The summed E-state index contributed by atoms with van der Waals surface area (Å²) >= 11 is 1.17. The SMILES string of the molecule is CC(C)[C@@H](N)C(=O)N1CCSC1=O. The van der Waals surface area contributed by atoms with Crippen molar-refractivity contribution in [3.8, 4) is 0 Å². The van der Waals surface area contributed by atoms with Gasteiger partial charge in [0.05, 0.1) is 6.04 Å². The molecule has 74 valence electrons. The molecule has 4 nitrogen and oxygen atoms in total. The van der Waals surface area contributed by atoms with Crippen molar-refractivity contribution < 1.29 is 9.59 Å². The van der Waals surface area contributed by atoms with Crippen LogP contribution in [0, 0.1) is 5.92 Å². The maximum Gasteiger partial charge on any atom is 0.288 e. The van der Waals surface area contributed by atoms with E-state index in [9.17, 15) is 9.59 Å². The first-order valence-corrected chi connectivity index (χ1v) is 5.26. The lowest BCUT2D eigenvalue weighted by Crippen LogP contribution is -2.46. The molecule has 0 aromatic heterocycles. The lowest BCUT2D eigenvalue weighted by molar-refractivity contribution is -0.129. The topological polar surface area (TPSA) is 63.4 Å². The Bertz CT molecular complexity index is 230. The zero-order chi connectivity index (χ0) is 10.0. The van der Waals surface area contributed by atoms with E-state index < -0.39 is 6.04 Å². The van der Waals surface area contributed by atoms with E-state index in [2.05, 4.69) is 0 Å². The molecule has 0 saturated carbocycles. The summed E-state index contributed by atoms with van der Waals surface area (Å²) in [6, 6.07) is -0.553. The normalized spacial score (nSPS) is 19.7. The van der Waals surface area contributed by atoms with Gasteiger partial charge in [-0.2, -0.15) is 0 Å². The van der Waals surface area contributed by atoms with Crippen LogP contribution in [0.1, 0.15) is 13.8 Å². The van der Waals surface area contributed by atoms with Gasteiger partial charge in [0.15, 0.2) is 0 Å². The summed E-state index contributed by atoms with van der Waals surface area (Å²) in [5, 5.41) is -0.166. The van der Waals surface area contributed by atoms with Gasteiger partial charge in [0.2, 0.25) is 5.91 Å². The molecule has 0 unspecified atom stereocenters. The molecule has 1 aliphatic rings. The molecule has 13 heavy (non-hydrogen) atoms. The smallest absolute Gasteiger partial charge is 0.288 e. The Labute approximate surface area is 81.8 Å². The predicted molar refractivity (Wildman–Crippen MR) is 52.4 cm³/mol. The van der Waals surface area contributed by atoms with Gasteiger partial charge in [0.1, 0.15) is 0 Å². The lowest BCUT2D eigenvalue weighted by atomic mass is 10.0. The minimum atomic E-state index is -0.553. The van der Waals surface area contributed by atoms with Gasteiger partial charge in [0, 0.05) is 12.3 Å². The van der Waals surface area contributed by atoms with E-state index in [0.29, 0.717) is 12.3 Å². The van der Waals surface area contributed by atoms with E-state index in [0.717, 1.165) is 0 Å². The van der Waals surface area contributed by atoms with Gasteiger partial charge in [-0.15, -0.1) is 0 Å². The van der Waals surface area contributed by atoms with Gasteiger partial charge in [-0.05, 0) is 5.92 Å². The Balaban J connectivity index is 2.61. The van der Waals surface area contributed by atoms with Crippen LogP contribution in [0.25, 0.3) is 0 Å². The standard InChI is InChI=1S/C8H14N2O2S/c1-5(2)6(9)7(11)10-3-4-13-8(10)12/h5-6H,3-4,9H2,1-2H3/t6-/m1/s1. The summed E-state index contributed by atoms with van der Waals surface area (Å²) in [5.41, 5.74) is 5.65. The fourth-order valence-corrected chi connectivity index (χ4v) is 1.84. The predicted octanol–water partition coefficient (Wildman–Crippen LogP) is 0.665. The molecule has 1 heterocycles. The van der Waals surface area contributed by atoms with Gasteiger partial charge in [-0.25, -0.2) is 0 Å². The van der Waals surface area contributed by atoms with Crippen LogP contribution in [-0.4, -0.2) is 34.4 Å². The second kappa shape index (κ2) is 4.11. The molecule has 2 amide bonds. The highest BCUT2D eigenvalue weighted by atomic mass is 32.2. The molecule has 1 aliphatic heterocycles. The van der Waals surface area contributed by atoms with E-state index in [1.54, 1.807) is 0 Å². The van der Waals surface area contributed by atoms with Crippen LogP contribution in [0.2, 0.25) is 0 Å². The van der Waals surface area contributed by atoms with Gasteiger partial charge >= 0.3 is 0 Å². The summed E-state index contributed by atoms with van der Waals surface area (Å²) in [7, 11) is 0. The third kappa shape index (κ3) is 2.22. The summed E-state index contributed by atoms with van der Waals surface area (Å²) in [4.78, 5) is 24.0. The molecule has 0 radical (unpaired) electrons. The fraction of sp³-hybridized carbons (Fsp3) is 0.750. The van der Waals surface area contributed by atoms with E-state index in [1.807, 2.05) is 13.8 Å². The van der Waals surface area contributed by atoms with Crippen molar-refractivity contribution >= 4 is 22.9 Å². The Kier molecular flexibility index (Phi) is 3.33. The average molecular weight is 202 g/mol. The number of hydrogen-bond donors (Lipinski definition) is 1. The number of nitrogens with two attached hydrogens (primary N) is 1. The molecule has 1 fully saturated rings. The lowest BCUT2D eigenvalue weighted by Gasteiger charge is -2.20. The van der Waals surface area contributed by atoms with Crippen LogP contribution in [0.15, 0.2) is 0 Å². The number of nitrogens with zero attached hydrogens (tertiary/aromatic N) is 1. The van der Waals surface area contributed by atoms with Crippen molar-refractivity contribution in [3.63, 3.8) is 0 Å². The molecular formula is C8H14N2O2S. The zero-order valence-corrected chi connectivity index (χ0v) is 8.63. The summed E-state index contributed by atoms with van der Waals surface area (Å²) in [6.07, 6.45) is 0. The van der Waals surface area contributed by atoms with Crippen molar-refractivity contribution in [3.05, 3.63) is 0 Å². The van der Waals surface area contributed by atoms with Crippen molar-refractivity contribution in [2.75, 3.05) is 12.3 Å². The second-order valence-electron chi connectivity index (χ2n) is 3.37. The molecule has 0 bridgehead atoms. The molecule has 0 aromatic rings. The van der Waals surface area contributed by atoms with Crippen molar-refractivity contribution in [2.45, 2.75) is 19.9 Å². The summed E-state index contributed by atoms with van der Waals surface area (Å²) in [5.74, 6) is 0.519. The number of imide groups is 1. The number of rotatable bonds is 2. The first-order chi connectivity index (χ1) is 6.04. The zero-order valence-electron chi connectivity index (χ0n) is 7.82. The average Bonchev–Trinajstić information content (AvgIpc) is 2.48. The third-order valence-corrected chi connectivity index (χ3v) is 2.88. The van der Waals surface area contributed by atoms with Crippen LogP contribution < -0.4 is 5.73 Å². The van der Waals surface area contributed by atoms with E-state index >= 15 is 0 Å². The Morgan fingerprint density at radius 1 is 1.62 bits per heavy atom. The number of carbonyl (C=O) groups excluding carboxylic acids is 2. The highest BCUT2D eigenvalue weighted by molar-refractivity contribution is 8.13. The molecule has 1 rings (SSSR count). The van der Waals surface area contributed by atoms with Crippen molar-refractivity contribution in [1.82, 2.24) is 4.90 Å². The second-order valence-corrected chi connectivity index (χ2v) is 4.42. The van der Waals surface area contributed by atoms with Crippen LogP contribution in [0.4, 0.5) is 4.79 Å². The number of amides is 2. The van der Waals surface area contributed by atoms with E-state index in [4.69, 9.17) is 5.73 Å². The third-order valence-electron chi connectivity index (χ3n) is 2.03. The highest BCUT2D eigenvalue weighted by Crippen LogP contribution is 2.18. The summed E-state index contributed by atoms with van der Waals surface area (Å²) in [6.45, 7) is 4.25. The Morgan fingerprint density at radius 3 is 2.62 bits per heavy atom. The summed E-state index contributed by atoms with van der Waals surface area (Å²) < 4.78 is 0. The fourth-order valence-electron chi connectivity index (χ4n) is 1.06. The monoisotopic (exact) mass is 202 g/mol. The van der Waals surface area contributed by atoms with Gasteiger partial charge in [-0.1, -0.05) is 25.6 Å². The Morgan fingerprint density at radius 2 is 2.23 bits per heavy atom. The highest BCUT2D eigenvalue weighted by Gasteiger charge is 2.31. The largest absolute Gasteiger partial charge is 0.320 e. The van der Waals surface area contributed by atoms with Crippen molar-refractivity contribution in [2.24, 2.45) is 11.7 Å². The Hall–Kier alpha value is -0.550. The number of thioether (sulfide) groups is 1. The molecule has 1 atom stereocenters. The van der Waals surface area contributed by atoms with E-state index in [1.165, 1.54) is 16.7 Å². The van der Waals surface area contributed by atoms with Crippen LogP contribution in [0.5, 0.6) is 0 Å². The van der Waals surface area contributed by atoms with Gasteiger partial charge < -0.3 is 5.73 Å². The van der Waals surface area contributed by atoms with Crippen LogP contribution in [-0.2, 0) is 4.79 Å². The molecular weight excluding hydrogens is 188 g/mol. The quantitative estimate of drug-likeness (QED) is 0.714. The van der Waals surface area contributed by atoms with Gasteiger partial charge in [0.25, 0.3) is 5.24 Å². The first kappa shape index (κ1) is 10.5. The molecule has 0 aliphatic carbocycles. The van der Waals surface area contributed by atoms with E-state index in [-0.39, 0.29) is 17.1 Å². The van der Waals surface area contributed by atoms with Crippen LogP contribution >= 0.6 is 11.8 Å². The van der Waals surface area contributed by atoms with Crippen LogP contribution in [0.3, 0.4) is 0 Å². The molecule has 0 spiro atoms. The molecule has 1 saturated heterocycles. The van der Waals surface area contributed by atoms with Gasteiger partial charge in [-0.3, -0.25) is 14.5 Å². The maximum atomic E-state index is 11.6. The molecule has 2 N–H and O–H groups in total. The minimum Gasteiger partial charge on any atom is -0.320 e. The molecule has 0 aromatic carbocycles. The number of carbonyl (C=O) groups is 2. The first-order valence-electron chi connectivity index (χ1n) is 4.27.